The summed E-state index contributed by atoms with van der Waals surface area (Å²) in [5.41, 5.74) is 7.93. The quantitative estimate of drug-likeness (QED) is 0.917. The van der Waals surface area contributed by atoms with Crippen molar-refractivity contribution in [3.8, 4) is 0 Å². The molecule has 1 unspecified atom stereocenters. The fraction of sp³-hybridized carbons (Fsp3) is 0.588. The molecule has 0 radical (unpaired) electrons. The van der Waals surface area contributed by atoms with Gasteiger partial charge in [-0.3, -0.25) is 4.79 Å². The number of nitrogens with zero attached hydrogens (tertiary/aromatic N) is 1. The predicted octanol–water partition coefficient (Wildman–Crippen LogP) is 2.87. The zero-order chi connectivity index (χ0) is 14.4. The van der Waals surface area contributed by atoms with Crippen LogP contribution in [0.1, 0.15) is 50.2 Å². The van der Waals surface area contributed by atoms with E-state index in [4.69, 9.17) is 5.73 Å². The second-order valence-corrected chi connectivity index (χ2v) is 5.65. The fourth-order valence-corrected chi connectivity index (χ4v) is 3.12. The Bertz CT molecular complexity index is 444. The number of nitrogens with two attached hydrogens (primary N) is 1. The maximum Gasteiger partial charge on any atom is 0.227 e. The van der Waals surface area contributed by atoms with Gasteiger partial charge in [-0.1, -0.05) is 44.0 Å². The first-order valence-corrected chi connectivity index (χ1v) is 7.82. The summed E-state index contributed by atoms with van der Waals surface area (Å²) in [6.45, 7) is 3.60. The minimum atomic E-state index is 0.264. The van der Waals surface area contributed by atoms with Gasteiger partial charge in [-0.2, -0.15) is 0 Å². The highest BCUT2D eigenvalue weighted by Crippen LogP contribution is 2.21. The zero-order valence-corrected chi connectivity index (χ0v) is 12.5. The van der Waals surface area contributed by atoms with Crippen LogP contribution < -0.4 is 5.73 Å². The third kappa shape index (κ3) is 3.60. The topological polar surface area (TPSA) is 46.3 Å². The summed E-state index contributed by atoms with van der Waals surface area (Å²) in [7, 11) is 0. The van der Waals surface area contributed by atoms with E-state index in [1.165, 1.54) is 12.8 Å². The van der Waals surface area contributed by atoms with Gasteiger partial charge in [0.1, 0.15) is 0 Å². The van der Waals surface area contributed by atoms with Gasteiger partial charge in [0.2, 0.25) is 5.91 Å². The molecular formula is C17H26N2O. The summed E-state index contributed by atoms with van der Waals surface area (Å²) in [5, 5.41) is 0. The third-order valence-corrected chi connectivity index (χ3v) is 4.35. The lowest BCUT2D eigenvalue weighted by atomic mass is 10.0. The number of rotatable bonds is 4. The van der Waals surface area contributed by atoms with Crippen LogP contribution in [-0.2, 0) is 17.8 Å². The third-order valence-electron chi connectivity index (χ3n) is 4.35. The smallest absolute Gasteiger partial charge is 0.227 e. The summed E-state index contributed by atoms with van der Waals surface area (Å²) in [6, 6.07) is 8.44. The molecular weight excluding hydrogens is 248 g/mol. The van der Waals surface area contributed by atoms with E-state index in [2.05, 4.69) is 11.8 Å². The molecule has 3 nitrogen and oxygen atoms in total. The van der Waals surface area contributed by atoms with Crippen molar-refractivity contribution in [1.29, 1.82) is 0 Å². The van der Waals surface area contributed by atoms with Crippen LogP contribution in [0.5, 0.6) is 0 Å². The van der Waals surface area contributed by atoms with Crippen LogP contribution >= 0.6 is 0 Å². The van der Waals surface area contributed by atoms with Crippen molar-refractivity contribution in [2.75, 3.05) is 6.54 Å². The van der Waals surface area contributed by atoms with E-state index in [1.54, 1.807) is 0 Å². The van der Waals surface area contributed by atoms with E-state index >= 15 is 0 Å². The molecule has 110 valence electrons. The number of amides is 1. The van der Waals surface area contributed by atoms with Crippen molar-refractivity contribution >= 4 is 5.91 Å². The van der Waals surface area contributed by atoms with E-state index < -0.39 is 0 Å². The van der Waals surface area contributed by atoms with Crippen LogP contribution in [-0.4, -0.2) is 23.4 Å². The molecule has 20 heavy (non-hydrogen) atoms. The fourth-order valence-electron chi connectivity index (χ4n) is 3.12. The average Bonchev–Trinajstić information content (AvgIpc) is 2.73. The molecule has 1 amide bonds. The molecule has 1 saturated heterocycles. The van der Waals surface area contributed by atoms with E-state index in [1.807, 2.05) is 24.3 Å². The lowest BCUT2D eigenvalue weighted by Crippen LogP contribution is -2.40. The van der Waals surface area contributed by atoms with Gasteiger partial charge >= 0.3 is 0 Å². The number of hydrogen-bond donors (Lipinski definition) is 1. The second-order valence-electron chi connectivity index (χ2n) is 5.65. The zero-order valence-electron chi connectivity index (χ0n) is 12.5. The molecule has 0 saturated carbocycles. The molecule has 1 heterocycles. The van der Waals surface area contributed by atoms with Gasteiger partial charge in [-0.05, 0) is 30.4 Å². The number of likely N-dealkylation sites (tertiary alicyclic amines) is 1. The molecule has 0 aliphatic carbocycles. The summed E-state index contributed by atoms with van der Waals surface area (Å²) < 4.78 is 0. The van der Waals surface area contributed by atoms with Crippen LogP contribution in [0.25, 0.3) is 0 Å². The van der Waals surface area contributed by atoms with Crippen LogP contribution in [0, 0.1) is 0 Å². The van der Waals surface area contributed by atoms with Crippen molar-refractivity contribution < 1.29 is 4.79 Å². The van der Waals surface area contributed by atoms with Gasteiger partial charge in [0.05, 0.1) is 6.42 Å². The van der Waals surface area contributed by atoms with Gasteiger partial charge in [-0.25, -0.2) is 0 Å². The van der Waals surface area contributed by atoms with E-state index in [9.17, 15) is 4.79 Å². The molecule has 1 aliphatic heterocycles. The monoisotopic (exact) mass is 274 g/mol. The normalized spacial score (nSPS) is 19.7. The number of benzene rings is 1. The molecule has 1 aliphatic rings. The Labute approximate surface area is 122 Å². The maximum atomic E-state index is 12.6. The lowest BCUT2D eigenvalue weighted by Gasteiger charge is -2.29. The van der Waals surface area contributed by atoms with E-state index in [0.29, 0.717) is 19.0 Å². The van der Waals surface area contributed by atoms with Crippen molar-refractivity contribution in [2.24, 2.45) is 5.73 Å². The summed E-state index contributed by atoms with van der Waals surface area (Å²) >= 11 is 0. The van der Waals surface area contributed by atoms with Crippen molar-refractivity contribution in [3.63, 3.8) is 0 Å². The van der Waals surface area contributed by atoms with Crippen molar-refractivity contribution in [1.82, 2.24) is 4.90 Å². The molecule has 2 rings (SSSR count). The Balaban J connectivity index is 2.09. The average molecular weight is 274 g/mol. The van der Waals surface area contributed by atoms with Crippen molar-refractivity contribution in [3.05, 3.63) is 35.4 Å². The first-order valence-electron chi connectivity index (χ1n) is 7.82. The van der Waals surface area contributed by atoms with Crippen LogP contribution in [0.15, 0.2) is 24.3 Å². The molecule has 2 N–H and O–H groups in total. The van der Waals surface area contributed by atoms with Crippen LogP contribution in [0.4, 0.5) is 0 Å². The Morgan fingerprint density at radius 2 is 2.00 bits per heavy atom. The molecule has 1 aromatic carbocycles. The van der Waals surface area contributed by atoms with E-state index in [0.717, 1.165) is 36.9 Å². The first kappa shape index (κ1) is 15.0. The summed E-state index contributed by atoms with van der Waals surface area (Å²) in [6.07, 6.45) is 6.34. The largest absolute Gasteiger partial charge is 0.339 e. The minimum Gasteiger partial charge on any atom is -0.339 e. The highest BCUT2D eigenvalue weighted by atomic mass is 16.2. The van der Waals surface area contributed by atoms with Gasteiger partial charge < -0.3 is 10.6 Å². The van der Waals surface area contributed by atoms with Crippen molar-refractivity contribution in [2.45, 2.75) is 58.0 Å². The first-order chi connectivity index (χ1) is 9.76. The highest BCUT2D eigenvalue weighted by Gasteiger charge is 2.24. The maximum absolute atomic E-state index is 12.6. The molecule has 0 spiro atoms. The SMILES string of the molecule is CCC1CCCCCN1C(=O)Cc1ccccc1CN. The molecule has 0 aromatic heterocycles. The van der Waals surface area contributed by atoms with Gasteiger partial charge in [0.15, 0.2) is 0 Å². The van der Waals surface area contributed by atoms with Gasteiger partial charge in [0.25, 0.3) is 0 Å². The predicted molar refractivity (Wildman–Crippen MR) is 82.3 cm³/mol. The molecule has 3 heteroatoms. The standard InChI is InChI=1S/C17H26N2O/c1-2-16-10-4-3-7-11-19(16)17(20)12-14-8-5-6-9-15(14)13-18/h5-6,8-9,16H,2-4,7,10-13,18H2,1H3. The van der Waals surface area contributed by atoms with Crippen LogP contribution in [0.2, 0.25) is 0 Å². The minimum absolute atomic E-state index is 0.264. The van der Waals surface area contributed by atoms with E-state index in [-0.39, 0.29) is 5.91 Å². The summed E-state index contributed by atoms with van der Waals surface area (Å²) in [4.78, 5) is 14.8. The number of carbonyl (C=O) groups is 1. The Morgan fingerprint density at radius 3 is 2.70 bits per heavy atom. The summed E-state index contributed by atoms with van der Waals surface area (Å²) in [5.74, 6) is 0.264. The van der Waals surface area contributed by atoms with Crippen LogP contribution in [0.3, 0.4) is 0 Å². The lowest BCUT2D eigenvalue weighted by molar-refractivity contribution is -0.132. The Morgan fingerprint density at radius 1 is 1.25 bits per heavy atom. The second kappa shape index (κ2) is 7.44. The number of carbonyl (C=O) groups excluding carboxylic acids is 1. The highest BCUT2D eigenvalue weighted by molar-refractivity contribution is 5.79. The van der Waals surface area contributed by atoms with Gasteiger partial charge in [0, 0.05) is 19.1 Å². The Kier molecular flexibility index (Phi) is 5.60. The van der Waals surface area contributed by atoms with Gasteiger partial charge in [-0.15, -0.1) is 0 Å². The Hall–Kier alpha value is -1.35. The molecule has 1 aromatic rings. The molecule has 1 fully saturated rings. The molecule has 0 bridgehead atoms. The molecule has 1 atom stereocenters. The number of hydrogen-bond acceptors (Lipinski definition) is 2.